The van der Waals surface area contributed by atoms with E-state index in [2.05, 4.69) is 0 Å². The number of benzene rings is 3. The highest BCUT2D eigenvalue weighted by Gasteiger charge is 2.61. The van der Waals surface area contributed by atoms with Crippen LogP contribution in [0, 0.1) is 10.4 Å². The van der Waals surface area contributed by atoms with E-state index >= 15 is 0 Å². The summed E-state index contributed by atoms with van der Waals surface area (Å²) in [6.45, 7) is 14.2. The summed E-state index contributed by atoms with van der Waals surface area (Å²) in [5.41, 5.74) is -2.40. The standard InChI is InChI=1S/C28H32N4O4/c1-25(2)26(3,4)30(34)23(29(25)33)19-11-9-17-14-22-16-20(12-10-18(22)13-21(17)15-19)24-31(35)27(5,6)28(7,8)32(24)36/h9-16H,1-8H3. The molecule has 0 fully saturated rings. The average molecular weight is 489 g/mol. The van der Waals surface area contributed by atoms with Gasteiger partial charge in [0.1, 0.15) is 11.1 Å². The number of nitrogens with zero attached hydrogens (tertiary/aromatic N) is 4. The van der Waals surface area contributed by atoms with Crippen LogP contribution < -0.4 is 0 Å². The van der Waals surface area contributed by atoms with Crippen LogP contribution in [0.5, 0.6) is 0 Å². The molecule has 0 unspecified atom stereocenters. The predicted octanol–water partition coefficient (Wildman–Crippen LogP) is 4.94. The number of rotatable bonds is 2. The van der Waals surface area contributed by atoms with Crippen LogP contribution in [0.15, 0.2) is 48.5 Å². The van der Waals surface area contributed by atoms with Crippen LogP contribution in [-0.2, 0) is 10.4 Å². The fourth-order valence-electron chi connectivity index (χ4n) is 4.96. The molecule has 8 heteroatoms. The van der Waals surface area contributed by atoms with Gasteiger partial charge in [0.2, 0.25) is 0 Å². The molecule has 188 valence electrons. The molecule has 5 rings (SSSR count). The second kappa shape index (κ2) is 7.11. The van der Waals surface area contributed by atoms with Gasteiger partial charge in [0.15, 0.2) is 11.1 Å². The van der Waals surface area contributed by atoms with Gasteiger partial charge in [0.05, 0.1) is 11.1 Å². The highest BCUT2D eigenvalue weighted by atomic mass is 16.5. The van der Waals surface area contributed by atoms with Gasteiger partial charge in [-0.3, -0.25) is 9.48 Å². The molecule has 0 N–H and O–H groups in total. The number of hydrogen-bond acceptors (Lipinski definition) is 4. The van der Waals surface area contributed by atoms with Crippen molar-refractivity contribution in [1.29, 1.82) is 0 Å². The van der Waals surface area contributed by atoms with Crippen LogP contribution in [0.25, 0.3) is 21.5 Å². The van der Waals surface area contributed by atoms with E-state index in [1.54, 1.807) is 67.5 Å². The lowest BCUT2D eigenvalue weighted by Crippen LogP contribution is -2.53. The van der Waals surface area contributed by atoms with E-state index in [0.717, 1.165) is 41.1 Å². The first-order valence-corrected chi connectivity index (χ1v) is 12.1. The van der Waals surface area contributed by atoms with Crippen molar-refractivity contribution in [3.8, 4) is 0 Å². The second-order valence-electron chi connectivity index (χ2n) is 12.0. The summed E-state index contributed by atoms with van der Waals surface area (Å²) >= 11 is 0. The summed E-state index contributed by atoms with van der Waals surface area (Å²) in [5.74, 6) is 0.215. The Bertz CT molecular complexity index is 1390. The normalized spacial score (nSPS) is 22.4. The van der Waals surface area contributed by atoms with Crippen molar-refractivity contribution in [2.75, 3.05) is 0 Å². The minimum atomic E-state index is -0.884. The Morgan fingerprint density at radius 1 is 0.556 bits per heavy atom. The summed E-state index contributed by atoms with van der Waals surface area (Å²) in [5, 5.41) is 57.6. The monoisotopic (exact) mass is 488 g/mol. The minimum Gasteiger partial charge on any atom is -0.714 e. The maximum atomic E-state index is 13.1. The molecule has 0 atom stereocenters. The first-order chi connectivity index (χ1) is 16.5. The Morgan fingerprint density at radius 2 is 0.889 bits per heavy atom. The minimum absolute atomic E-state index is 0.108. The van der Waals surface area contributed by atoms with Gasteiger partial charge in [-0.2, -0.15) is 0 Å². The molecule has 3 aromatic carbocycles. The number of fused-ring (bicyclic) bond motifs is 2. The molecule has 0 aromatic heterocycles. The zero-order chi connectivity index (χ0) is 26.6. The first-order valence-electron chi connectivity index (χ1n) is 12.1. The molecular formula is C28H32N4O4. The molecular weight excluding hydrogens is 456 g/mol. The van der Waals surface area contributed by atoms with E-state index in [4.69, 9.17) is 0 Å². The molecule has 0 amide bonds. The fourth-order valence-corrected chi connectivity index (χ4v) is 4.96. The predicted molar refractivity (Wildman–Crippen MR) is 138 cm³/mol. The largest absolute Gasteiger partial charge is 0.714 e. The third kappa shape index (κ3) is 2.88. The first kappa shape index (κ1) is 24.3. The van der Waals surface area contributed by atoms with E-state index in [1.165, 1.54) is 0 Å². The van der Waals surface area contributed by atoms with Gasteiger partial charge in [-0.05, 0) is 113 Å². The van der Waals surface area contributed by atoms with Crippen LogP contribution >= 0.6 is 0 Å². The van der Waals surface area contributed by atoms with Gasteiger partial charge in [-0.25, -0.2) is 0 Å². The molecule has 36 heavy (non-hydrogen) atoms. The van der Waals surface area contributed by atoms with Crippen molar-refractivity contribution < 1.29 is 19.9 Å². The summed E-state index contributed by atoms with van der Waals surface area (Å²) < 4.78 is 1.64. The Morgan fingerprint density at radius 3 is 1.17 bits per heavy atom. The third-order valence-corrected chi connectivity index (χ3v) is 9.11. The van der Waals surface area contributed by atoms with Crippen molar-refractivity contribution in [2.24, 2.45) is 0 Å². The molecule has 8 nitrogen and oxygen atoms in total. The highest BCUT2D eigenvalue weighted by Crippen LogP contribution is 2.39. The molecule has 3 aromatic rings. The molecule has 2 heterocycles. The zero-order valence-electron chi connectivity index (χ0n) is 22.0. The molecule has 2 radical (unpaired) electrons. The van der Waals surface area contributed by atoms with E-state index in [1.807, 2.05) is 36.4 Å². The van der Waals surface area contributed by atoms with Gasteiger partial charge in [0.25, 0.3) is 0 Å². The highest BCUT2D eigenvalue weighted by molar-refractivity contribution is 6.06. The van der Waals surface area contributed by atoms with Crippen molar-refractivity contribution in [1.82, 2.24) is 10.1 Å². The quantitative estimate of drug-likeness (QED) is 0.290. The van der Waals surface area contributed by atoms with Crippen LogP contribution in [0.3, 0.4) is 0 Å². The topological polar surface area (TPSA) is 98.4 Å². The van der Waals surface area contributed by atoms with Crippen molar-refractivity contribution in [3.63, 3.8) is 0 Å². The number of amidine groups is 2. The van der Waals surface area contributed by atoms with E-state index in [9.17, 15) is 20.8 Å². The fraction of sp³-hybridized carbons (Fsp3) is 0.429. The lowest BCUT2D eigenvalue weighted by atomic mass is 9.84. The van der Waals surface area contributed by atoms with Gasteiger partial charge in [-0.15, -0.1) is 0 Å². The Balaban J connectivity index is 1.61. The smallest absolute Gasteiger partial charge is 0.316 e. The van der Waals surface area contributed by atoms with Crippen molar-refractivity contribution in [3.05, 3.63) is 70.1 Å². The lowest BCUT2D eigenvalue weighted by Gasteiger charge is -2.32. The van der Waals surface area contributed by atoms with Crippen LogP contribution in [0.2, 0.25) is 0 Å². The SMILES string of the molecule is CC1(C)N([O])C(c2ccc3cc4cc(C5=[N+]([O-])C(C)(C)C(C)(C)N5[O])ccc4cc3c2)=[N+]([O-])C1(C)C. The average Bonchev–Trinajstić information content (AvgIpc) is 3.00. The maximum Gasteiger partial charge on any atom is 0.316 e. The Hall–Kier alpha value is -3.36. The van der Waals surface area contributed by atoms with Crippen molar-refractivity contribution >= 4 is 33.2 Å². The molecule has 2 aliphatic rings. The molecule has 0 saturated carbocycles. The molecule has 0 saturated heterocycles. The zero-order valence-corrected chi connectivity index (χ0v) is 22.0. The maximum absolute atomic E-state index is 13.1. The van der Waals surface area contributed by atoms with Gasteiger partial charge in [-0.1, -0.05) is 22.3 Å². The third-order valence-electron chi connectivity index (χ3n) is 9.11. The van der Waals surface area contributed by atoms with Gasteiger partial charge in [0, 0.05) is 10.4 Å². The van der Waals surface area contributed by atoms with E-state index in [-0.39, 0.29) is 11.7 Å². The van der Waals surface area contributed by atoms with E-state index in [0.29, 0.717) is 11.1 Å². The van der Waals surface area contributed by atoms with Gasteiger partial charge < -0.3 is 10.4 Å². The Labute approximate surface area is 211 Å². The summed E-state index contributed by atoms with van der Waals surface area (Å²) in [6.07, 6.45) is 0. The molecule has 0 aliphatic carbocycles. The Kier molecular flexibility index (Phi) is 4.81. The summed E-state index contributed by atoms with van der Waals surface area (Å²) in [4.78, 5) is 0. The second-order valence-corrected chi connectivity index (χ2v) is 12.0. The van der Waals surface area contributed by atoms with Crippen LogP contribution in [0.1, 0.15) is 66.5 Å². The molecule has 0 bridgehead atoms. The van der Waals surface area contributed by atoms with E-state index < -0.39 is 22.2 Å². The van der Waals surface area contributed by atoms with Gasteiger partial charge >= 0.3 is 11.7 Å². The van der Waals surface area contributed by atoms with Crippen LogP contribution in [-0.4, -0.2) is 53.4 Å². The van der Waals surface area contributed by atoms with Crippen LogP contribution in [0.4, 0.5) is 0 Å². The van der Waals surface area contributed by atoms with Crippen molar-refractivity contribution in [2.45, 2.75) is 77.5 Å². The summed E-state index contributed by atoms with van der Waals surface area (Å²) in [7, 11) is 0. The summed E-state index contributed by atoms with van der Waals surface area (Å²) in [6, 6.07) is 15.1. The number of hydroxylamine groups is 6. The lowest BCUT2D eigenvalue weighted by molar-refractivity contribution is -0.539. The molecule has 2 aliphatic heterocycles. The number of hydrogen-bond donors (Lipinski definition) is 0. The molecule has 0 spiro atoms.